The second-order valence-corrected chi connectivity index (χ2v) is 5.62. The summed E-state index contributed by atoms with van der Waals surface area (Å²) in [6.45, 7) is 6.40. The van der Waals surface area contributed by atoms with E-state index in [1.165, 1.54) is 0 Å². The number of halogens is 1. The molecule has 1 atom stereocenters. The summed E-state index contributed by atoms with van der Waals surface area (Å²) in [6.07, 6.45) is 2.69. The van der Waals surface area contributed by atoms with Crippen LogP contribution in [0.1, 0.15) is 40.0 Å². The Morgan fingerprint density at radius 2 is 1.82 bits per heavy atom. The van der Waals surface area contributed by atoms with Gasteiger partial charge in [-0.15, -0.1) is 11.6 Å². The Morgan fingerprint density at radius 1 is 1.27 bits per heavy atom. The van der Waals surface area contributed by atoms with Crippen molar-refractivity contribution in [3.8, 4) is 0 Å². The highest BCUT2D eigenvalue weighted by Gasteiger charge is 2.37. The highest BCUT2D eigenvalue weighted by molar-refractivity contribution is 6.25. The van der Waals surface area contributed by atoms with E-state index in [-0.39, 0.29) is 10.3 Å². The van der Waals surface area contributed by atoms with Crippen molar-refractivity contribution in [2.75, 3.05) is 0 Å². The van der Waals surface area contributed by atoms with E-state index < -0.39 is 0 Å². The molecule has 0 spiro atoms. The maximum atomic E-state index is 7.62. The quantitative estimate of drug-likeness (QED) is 0.544. The molecule has 0 saturated heterocycles. The van der Waals surface area contributed by atoms with Crippen molar-refractivity contribution in [1.29, 1.82) is 5.41 Å². The third-order valence-electron chi connectivity index (χ3n) is 2.12. The molecular weight excluding hydrogens is 158 g/mol. The van der Waals surface area contributed by atoms with Crippen LogP contribution in [-0.2, 0) is 0 Å². The van der Waals surface area contributed by atoms with Gasteiger partial charge in [0.25, 0.3) is 0 Å². The van der Waals surface area contributed by atoms with E-state index in [1.807, 2.05) is 6.92 Å². The molecule has 0 bridgehead atoms. The van der Waals surface area contributed by atoms with Crippen molar-refractivity contribution < 1.29 is 0 Å². The fourth-order valence-electron chi connectivity index (χ4n) is 2.21. The van der Waals surface area contributed by atoms with E-state index in [9.17, 15) is 0 Å². The van der Waals surface area contributed by atoms with Crippen LogP contribution in [0, 0.1) is 10.8 Å². The summed E-state index contributed by atoms with van der Waals surface area (Å²) >= 11 is 6.21. The maximum Gasteiger partial charge on any atom is 0.0475 e. The van der Waals surface area contributed by atoms with Crippen molar-refractivity contribution in [3.63, 3.8) is 0 Å². The summed E-state index contributed by atoms with van der Waals surface area (Å²) in [7, 11) is 0. The average molecular weight is 174 g/mol. The van der Waals surface area contributed by atoms with Gasteiger partial charge in [0, 0.05) is 17.0 Å². The van der Waals surface area contributed by atoms with E-state index in [1.54, 1.807) is 0 Å². The molecule has 1 fully saturated rings. The lowest BCUT2D eigenvalue weighted by Gasteiger charge is -2.39. The van der Waals surface area contributed by atoms with E-state index in [2.05, 4.69) is 13.8 Å². The predicted molar refractivity (Wildman–Crippen MR) is 49.6 cm³/mol. The van der Waals surface area contributed by atoms with Gasteiger partial charge in [-0.05, 0) is 25.2 Å². The third kappa shape index (κ3) is 2.48. The van der Waals surface area contributed by atoms with Crippen LogP contribution in [0.15, 0.2) is 0 Å². The minimum atomic E-state index is -0.168. The van der Waals surface area contributed by atoms with Crippen molar-refractivity contribution in [3.05, 3.63) is 0 Å². The summed E-state index contributed by atoms with van der Waals surface area (Å²) in [5, 5.41) is 7.62. The van der Waals surface area contributed by atoms with Crippen LogP contribution in [0.25, 0.3) is 0 Å². The zero-order valence-electron chi connectivity index (χ0n) is 7.50. The molecule has 64 valence electrons. The van der Waals surface area contributed by atoms with Crippen LogP contribution >= 0.6 is 11.6 Å². The van der Waals surface area contributed by atoms with Gasteiger partial charge in [-0.2, -0.15) is 0 Å². The molecule has 1 aliphatic rings. The van der Waals surface area contributed by atoms with Crippen LogP contribution in [-0.4, -0.2) is 10.6 Å². The van der Waals surface area contributed by atoms with Crippen LogP contribution in [0.3, 0.4) is 0 Å². The first kappa shape index (κ1) is 9.05. The molecule has 0 amide bonds. The molecule has 0 aromatic carbocycles. The average Bonchev–Trinajstić information content (AvgIpc) is 1.49. The molecule has 1 unspecified atom stereocenters. The molecule has 11 heavy (non-hydrogen) atoms. The first-order valence-electron chi connectivity index (χ1n) is 4.06. The molecule has 1 nitrogen and oxygen atoms in total. The Hall–Kier alpha value is -0.0400. The molecule has 2 heteroatoms. The third-order valence-corrected chi connectivity index (χ3v) is 2.39. The molecule has 0 radical (unpaired) electrons. The summed E-state index contributed by atoms with van der Waals surface area (Å²) in [6, 6.07) is 0. The van der Waals surface area contributed by atoms with E-state index in [0.717, 1.165) is 25.0 Å². The van der Waals surface area contributed by atoms with Crippen molar-refractivity contribution in [1.82, 2.24) is 0 Å². The van der Waals surface area contributed by atoms with Crippen molar-refractivity contribution in [2.45, 2.75) is 44.9 Å². The number of nitrogens with one attached hydrogen (secondary N) is 1. The summed E-state index contributed by atoms with van der Waals surface area (Å²) in [5.41, 5.74) is 1.03. The number of hydrogen-bond acceptors (Lipinski definition) is 1. The first-order chi connectivity index (χ1) is 4.81. The van der Waals surface area contributed by atoms with Gasteiger partial charge in [-0.3, -0.25) is 0 Å². The van der Waals surface area contributed by atoms with Gasteiger partial charge in [0.05, 0.1) is 0 Å². The van der Waals surface area contributed by atoms with Crippen molar-refractivity contribution in [2.24, 2.45) is 5.41 Å². The highest BCUT2D eigenvalue weighted by Crippen LogP contribution is 2.42. The van der Waals surface area contributed by atoms with E-state index >= 15 is 0 Å². The SMILES string of the molecule is CC1(C)CC(=N)CC(C)(Cl)C1. The van der Waals surface area contributed by atoms with E-state index in [4.69, 9.17) is 17.0 Å². The Bertz CT molecular complexity index is 164. The molecule has 0 aromatic heterocycles. The maximum absolute atomic E-state index is 7.62. The summed E-state index contributed by atoms with van der Waals surface area (Å²) < 4.78 is 0. The lowest BCUT2D eigenvalue weighted by Crippen LogP contribution is -2.36. The van der Waals surface area contributed by atoms with Gasteiger partial charge >= 0.3 is 0 Å². The normalized spacial score (nSPS) is 37.3. The predicted octanol–water partition coefficient (Wildman–Crippen LogP) is 3.21. The molecule has 0 aromatic rings. The minimum Gasteiger partial charge on any atom is -0.310 e. The second kappa shape index (κ2) is 2.48. The largest absolute Gasteiger partial charge is 0.310 e. The van der Waals surface area contributed by atoms with Crippen LogP contribution in [0.2, 0.25) is 0 Å². The Balaban J connectivity index is 2.74. The number of hydrogen-bond donors (Lipinski definition) is 1. The number of rotatable bonds is 0. The van der Waals surface area contributed by atoms with E-state index in [0.29, 0.717) is 0 Å². The molecule has 1 rings (SSSR count). The first-order valence-corrected chi connectivity index (χ1v) is 4.44. The van der Waals surface area contributed by atoms with Gasteiger partial charge in [0.2, 0.25) is 0 Å². The lowest BCUT2D eigenvalue weighted by molar-refractivity contribution is 0.281. The highest BCUT2D eigenvalue weighted by atomic mass is 35.5. The standard InChI is InChI=1S/C9H16ClN/c1-8(2)4-7(11)5-9(3,10)6-8/h11H,4-6H2,1-3H3. The monoisotopic (exact) mass is 173 g/mol. The molecule has 1 aliphatic carbocycles. The Labute approximate surface area is 73.6 Å². The van der Waals surface area contributed by atoms with Gasteiger partial charge in [0.1, 0.15) is 0 Å². The van der Waals surface area contributed by atoms with Gasteiger partial charge < -0.3 is 5.41 Å². The minimum absolute atomic E-state index is 0.168. The fourth-order valence-corrected chi connectivity index (χ4v) is 2.73. The second-order valence-electron chi connectivity index (χ2n) is 4.71. The summed E-state index contributed by atoms with van der Waals surface area (Å²) in [5.74, 6) is 0. The molecular formula is C9H16ClN. The van der Waals surface area contributed by atoms with Crippen LogP contribution in [0.4, 0.5) is 0 Å². The van der Waals surface area contributed by atoms with Gasteiger partial charge in [-0.1, -0.05) is 13.8 Å². The van der Waals surface area contributed by atoms with Crippen LogP contribution in [0.5, 0.6) is 0 Å². The van der Waals surface area contributed by atoms with Gasteiger partial charge in [-0.25, -0.2) is 0 Å². The smallest absolute Gasteiger partial charge is 0.0475 e. The molecule has 0 aliphatic heterocycles. The Kier molecular flexibility index (Phi) is 2.04. The summed E-state index contributed by atoms with van der Waals surface area (Å²) in [4.78, 5) is -0.168. The zero-order valence-corrected chi connectivity index (χ0v) is 8.26. The lowest BCUT2D eigenvalue weighted by atomic mass is 9.71. The number of alkyl halides is 1. The molecule has 1 N–H and O–H groups in total. The molecule has 0 heterocycles. The van der Waals surface area contributed by atoms with Gasteiger partial charge in [0.15, 0.2) is 0 Å². The van der Waals surface area contributed by atoms with Crippen LogP contribution < -0.4 is 0 Å². The Morgan fingerprint density at radius 3 is 2.18 bits per heavy atom. The topological polar surface area (TPSA) is 23.9 Å². The van der Waals surface area contributed by atoms with Crippen molar-refractivity contribution >= 4 is 17.3 Å². The fraction of sp³-hybridized carbons (Fsp3) is 0.889. The molecule has 1 saturated carbocycles. The zero-order chi connectivity index (χ0) is 8.70.